The first-order chi connectivity index (χ1) is 7.11. The van der Waals surface area contributed by atoms with Gasteiger partial charge in [0.1, 0.15) is 11.9 Å². The number of ether oxygens (including phenoxy) is 1. The fourth-order valence-corrected chi connectivity index (χ4v) is 1.72. The highest BCUT2D eigenvalue weighted by atomic mass is 19.1. The Labute approximate surface area is 86.1 Å². The summed E-state index contributed by atoms with van der Waals surface area (Å²) in [6, 6.07) is 4.38. The van der Waals surface area contributed by atoms with Crippen LogP contribution >= 0.6 is 0 Å². The quantitative estimate of drug-likeness (QED) is 0.606. The number of nitrogens with zero attached hydrogens (tertiary/aromatic N) is 1. The zero-order chi connectivity index (χ0) is 11.0. The van der Waals surface area contributed by atoms with E-state index >= 15 is 0 Å². The minimum Gasteiger partial charge on any atom is -0.443 e. The lowest BCUT2D eigenvalue weighted by Crippen LogP contribution is -2.27. The van der Waals surface area contributed by atoms with Gasteiger partial charge in [-0.2, -0.15) is 5.26 Å². The van der Waals surface area contributed by atoms with Gasteiger partial charge in [-0.3, -0.25) is 0 Å². The second-order valence-electron chi connectivity index (χ2n) is 3.48. The van der Waals surface area contributed by atoms with Crippen molar-refractivity contribution in [2.24, 2.45) is 0 Å². The van der Waals surface area contributed by atoms with E-state index in [0.29, 0.717) is 17.5 Å². The number of fused-ring (bicyclic) bond motifs is 1. The van der Waals surface area contributed by atoms with Crippen LogP contribution in [0.2, 0.25) is 0 Å². The van der Waals surface area contributed by atoms with Crippen molar-refractivity contribution < 1.29 is 13.9 Å². The molecule has 0 spiro atoms. The number of esters is 1. The number of hydrogen-bond donors (Lipinski definition) is 0. The fourth-order valence-electron chi connectivity index (χ4n) is 1.72. The van der Waals surface area contributed by atoms with E-state index in [9.17, 15) is 9.18 Å². The lowest BCUT2D eigenvalue weighted by Gasteiger charge is -2.21. The zero-order valence-corrected chi connectivity index (χ0v) is 8.08. The molecule has 0 aliphatic carbocycles. The Balaban J connectivity index is 2.56. The molecule has 1 aromatic rings. The van der Waals surface area contributed by atoms with Gasteiger partial charge in [0.05, 0.1) is 5.56 Å². The topological polar surface area (TPSA) is 50.1 Å². The molecule has 0 saturated heterocycles. The van der Waals surface area contributed by atoms with Crippen molar-refractivity contribution in [2.75, 3.05) is 0 Å². The van der Waals surface area contributed by atoms with Gasteiger partial charge in [-0.15, -0.1) is 0 Å². The van der Waals surface area contributed by atoms with Crippen LogP contribution in [0, 0.1) is 24.1 Å². The number of rotatable bonds is 0. The second-order valence-corrected chi connectivity index (χ2v) is 3.48. The van der Waals surface area contributed by atoms with Gasteiger partial charge >= 0.3 is 5.97 Å². The number of carbonyl (C=O) groups excluding carboxylic acids is 1. The van der Waals surface area contributed by atoms with Crippen molar-refractivity contribution in [1.82, 2.24) is 0 Å². The molecule has 1 aliphatic heterocycles. The molecule has 0 fully saturated rings. The van der Waals surface area contributed by atoms with E-state index in [1.165, 1.54) is 6.07 Å². The third-order valence-electron chi connectivity index (χ3n) is 2.44. The van der Waals surface area contributed by atoms with Gasteiger partial charge in [0, 0.05) is 6.42 Å². The zero-order valence-electron chi connectivity index (χ0n) is 8.08. The van der Waals surface area contributed by atoms with E-state index in [2.05, 4.69) is 0 Å². The number of hydrogen-bond acceptors (Lipinski definition) is 3. The van der Waals surface area contributed by atoms with Gasteiger partial charge in [-0.25, -0.2) is 9.18 Å². The molecule has 76 valence electrons. The molecule has 0 radical (unpaired) electrons. The number of aryl methyl sites for hydroxylation is 1. The number of benzene rings is 1. The van der Waals surface area contributed by atoms with Crippen LogP contribution in [-0.2, 0) is 11.2 Å². The summed E-state index contributed by atoms with van der Waals surface area (Å²) in [7, 11) is 0. The summed E-state index contributed by atoms with van der Waals surface area (Å²) in [5, 5.41) is 8.68. The van der Waals surface area contributed by atoms with Gasteiger partial charge < -0.3 is 4.74 Å². The van der Waals surface area contributed by atoms with Crippen molar-refractivity contribution >= 4 is 5.97 Å². The molecule has 0 saturated carbocycles. The van der Waals surface area contributed by atoms with Crippen LogP contribution in [0.3, 0.4) is 0 Å². The van der Waals surface area contributed by atoms with Crippen molar-refractivity contribution in [2.45, 2.75) is 19.4 Å². The summed E-state index contributed by atoms with van der Waals surface area (Å²) < 4.78 is 17.8. The van der Waals surface area contributed by atoms with Crippen molar-refractivity contribution in [1.29, 1.82) is 5.26 Å². The van der Waals surface area contributed by atoms with Crippen molar-refractivity contribution in [3.05, 3.63) is 34.6 Å². The first kappa shape index (κ1) is 9.66. The van der Waals surface area contributed by atoms with E-state index in [-0.39, 0.29) is 5.56 Å². The number of carbonyl (C=O) groups is 1. The van der Waals surface area contributed by atoms with Gasteiger partial charge in [-0.05, 0) is 30.2 Å². The number of cyclic esters (lactones) is 1. The molecule has 15 heavy (non-hydrogen) atoms. The number of nitriles is 1. The molecule has 1 heterocycles. The summed E-state index contributed by atoms with van der Waals surface area (Å²) >= 11 is 0. The predicted molar refractivity (Wildman–Crippen MR) is 49.7 cm³/mol. The molecule has 4 heteroatoms. The van der Waals surface area contributed by atoms with E-state index in [0.717, 1.165) is 6.07 Å². The number of halogens is 1. The third-order valence-corrected chi connectivity index (χ3v) is 2.44. The predicted octanol–water partition coefficient (Wildman–Crippen LogP) is 1.74. The Hall–Kier alpha value is -1.89. The summed E-state index contributed by atoms with van der Waals surface area (Å²) in [5.74, 6) is -1.08. The highest BCUT2D eigenvalue weighted by Gasteiger charge is 2.27. The van der Waals surface area contributed by atoms with Crippen molar-refractivity contribution in [3.63, 3.8) is 0 Å². The monoisotopic (exact) mass is 205 g/mol. The van der Waals surface area contributed by atoms with E-state index in [1.54, 1.807) is 6.92 Å². The SMILES string of the molecule is Cc1cc(F)cc2c1CC(C#N)OC2=O. The normalized spacial score (nSPS) is 19.0. The Kier molecular flexibility index (Phi) is 2.16. The maximum absolute atomic E-state index is 13.0. The highest BCUT2D eigenvalue weighted by molar-refractivity contribution is 5.92. The lowest BCUT2D eigenvalue weighted by atomic mass is 9.94. The Morgan fingerprint density at radius 3 is 3.00 bits per heavy atom. The Morgan fingerprint density at radius 2 is 2.33 bits per heavy atom. The van der Waals surface area contributed by atoms with Gasteiger partial charge in [0.15, 0.2) is 6.10 Å². The lowest BCUT2D eigenvalue weighted by molar-refractivity contribution is 0.0369. The van der Waals surface area contributed by atoms with Crippen molar-refractivity contribution in [3.8, 4) is 6.07 Å². The van der Waals surface area contributed by atoms with E-state index < -0.39 is 17.9 Å². The summed E-state index contributed by atoms with van der Waals surface area (Å²) in [4.78, 5) is 11.4. The minimum atomic E-state index is -0.755. The molecule has 3 nitrogen and oxygen atoms in total. The maximum atomic E-state index is 13.0. The van der Waals surface area contributed by atoms with Gasteiger partial charge in [0.25, 0.3) is 0 Å². The van der Waals surface area contributed by atoms with Crippen LogP contribution in [-0.4, -0.2) is 12.1 Å². The third kappa shape index (κ3) is 1.57. The molecule has 1 atom stereocenters. The van der Waals surface area contributed by atoms with Crippen LogP contribution in [0.1, 0.15) is 21.5 Å². The van der Waals surface area contributed by atoms with E-state index in [1.807, 2.05) is 6.07 Å². The highest BCUT2D eigenvalue weighted by Crippen LogP contribution is 2.24. The van der Waals surface area contributed by atoms with Gasteiger partial charge in [-0.1, -0.05) is 0 Å². The average molecular weight is 205 g/mol. The maximum Gasteiger partial charge on any atom is 0.339 e. The molecule has 0 N–H and O–H groups in total. The van der Waals surface area contributed by atoms with Gasteiger partial charge in [0.2, 0.25) is 0 Å². The summed E-state index contributed by atoms with van der Waals surface area (Å²) in [6.07, 6.45) is -0.418. The van der Waals surface area contributed by atoms with Crippen LogP contribution in [0.5, 0.6) is 0 Å². The molecule has 0 aromatic heterocycles. The van der Waals surface area contributed by atoms with Crippen LogP contribution < -0.4 is 0 Å². The Bertz CT molecular complexity index is 476. The average Bonchev–Trinajstić information content (AvgIpc) is 2.19. The standard InChI is InChI=1S/C11H8FNO2/c1-6-2-7(12)3-10-9(6)4-8(5-13)15-11(10)14/h2-3,8H,4H2,1H3. The van der Waals surface area contributed by atoms with Crippen LogP contribution in [0.4, 0.5) is 4.39 Å². The molecule has 1 aliphatic rings. The van der Waals surface area contributed by atoms with Crippen LogP contribution in [0.25, 0.3) is 0 Å². The summed E-state index contributed by atoms with van der Waals surface area (Å²) in [6.45, 7) is 1.72. The molecule has 0 amide bonds. The molecule has 0 bridgehead atoms. The molecular weight excluding hydrogens is 197 g/mol. The second kappa shape index (κ2) is 3.35. The fraction of sp³-hybridized carbons (Fsp3) is 0.273. The summed E-state index contributed by atoms with van der Waals surface area (Å²) in [5.41, 5.74) is 1.63. The largest absolute Gasteiger partial charge is 0.443 e. The molecule has 1 aromatic carbocycles. The van der Waals surface area contributed by atoms with Crippen LogP contribution in [0.15, 0.2) is 12.1 Å². The smallest absolute Gasteiger partial charge is 0.339 e. The first-order valence-electron chi connectivity index (χ1n) is 4.51. The molecule has 1 unspecified atom stereocenters. The first-order valence-corrected chi connectivity index (χ1v) is 4.51. The minimum absolute atomic E-state index is 0.235. The Morgan fingerprint density at radius 1 is 1.60 bits per heavy atom. The molecule has 2 rings (SSSR count). The molecular formula is C11H8FNO2. The van der Waals surface area contributed by atoms with E-state index in [4.69, 9.17) is 10.00 Å².